The quantitative estimate of drug-likeness (QED) is 0.910. The van der Waals surface area contributed by atoms with Crippen molar-refractivity contribution in [3.05, 3.63) is 40.4 Å². The zero-order chi connectivity index (χ0) is 14.3. The molecule has 2 bridgehead atoms. The SMILES string of the molecule is CN1C2C=C(c3ccc(C(=O)O)c(Cl)c3)CC1COC2. The highest BCUT2D eigenvalue weighted by Gasteiger charge is 2.32. The van der Waals surface area contributed by atoms with Crippen molar-refractivity contribution in [2.75, 3.05) is 20.3 Å². The van der Waals surface area contributed by atoms with E-state index in [1.807, 2.05) is 6.07 Å². The third kappa shape index (κ3) is 2.35. The van der Waals surface area contributed by atoms with Gasteiger partial charge >= 0.3 is 5.97 Å². The first-order chi connectivity index (χ1) is 9.56. The van der Waals surface area contributed by atoms with Gasteiger partial charge in [0.25, 0.3) is 0 Å². The van der Waals surface area contributed by atoms with Gasteiger partial charge in [-0.15, -0.1) is 0 Å². The molecule has 2 unspecified atom stereocenters. The lowest BCUT2D eigenvalue weighted by molar-refractivity contribution is -0.0221. The van der Waals surface area contributed by atoms with Crippen LogP contribution < -0.4 is 0 Å². The summed E-state index contributed by atoms with van der Waals surface area (Å²) in [7, 11) is 2.12. The molecule has 1 aromatic rings. The Morgan fingerprint density at radius 1 is 1.45 bits per heavy atom. The van der Waals surface area contributed by atoms with Gasteiger partial charge < -0.3 is 9.84 Å². The van der Waals surface area contributed by atoms with Gasteiger partial charge in [0, 0.05) is 6.04 Å². The van der Waals surface area contributed by atoms with Crippen LogP contribution in [-0.2, 0) is 4.74 Å². The van der Waals surface area contributed by atoms with Crippen molar-refractivity contribution >= 4 is 23.1 Å². The molecule has 106 valence electrons. The Morgan fingerprint density at radius 3 is 2.90 bits per heavy atom. The normalized spacial score (nSPS) is 26.2. The molecule has 0 saturated carbocycles. The van der Waals surface area contributed by atoms with Crippen LogP contribution in [0.1, 0.15) is 22.3 Å². The van der Waals surface area contributed by atoms with Gasteiger partial charge in [0.05, 0.1) is 29.8 Å². The van der Waals surface area contributed by atoms with Crippen molar-refractivity contribution in [3.8, 4) is 0 Å². The molecule has 2 aliphatic rings. The lowest BCUT2D eigenvalue weighted by atomic mass is 9.90. The van der Waals surface area contributed by atoms with Gasteiger partial charge in [-0.3, -0.25) is 4.90 Å². The number of hydrogen-bond donors (Lipinski definition) is 1. The van der Waals surface area contributed by atoms with Crippen molar-refractivity contribution in [1.29, 1.82) is 0 Å². The molecule has 0 aromatic heterocycles. The third-order valence-electron chi connectivity index (χ3n) is 4.12. The summed E-state index contributed by atoms with van der Waals surface area (Å²) in [4.78, 5) is 13.3. The number of carboxylic acids is 1. The molecule has 1 fully saturated rings. The van der Waals surface area contributed by atoms with Gasteiger partial charge in [-0.25, -0.2) is 4.79 Å². The number of carbonyl (C=O) groups is 1. The number of fused-ring (bicyclic) bond motifs is 2. The van der Waals surface area contributed by atoms with E-state index in [2.05, 4.69) is 18.0 Å². The van der Waals surface area contributed by atoms with E-state index in [-0.39, 0.29) is 16.6 Å². The Balaban J connectivity index is 1.94. The molecule has 4 nitrogen and oxygen atoms in total. The highest BCUT2D eigenvalue weighted by molar-refractivity contribution is 6.33. The van der Waals surface area contributed by atoms with Crippen LogP contribution in [0.5, 0.6) is 0 Å². The zero-order valence-electron chi connectivity index (χ0n) is 11.2. The Morgan fingerprint density at radius 2 is 2.25 bits per heavy atom. The minimum atomic E-state index is -0.996. The van der Waals surface area contributed by atoms with E-state index in [1.54, 1.807) is 12.1 Å². The number of nitrogens with zero attached hydrogens (tertiary/aromatic N) is 1. The Bertz CT molecular complexity index is 584. The molecule has 2 aliphatic heterocycles. The summed E-state index contributed by atoms with van der Waals surface area (Å²) < 4.78 is 5.58. The van der Waals surface area contributed by atoms with Gasteiger partial charge in [-0.1, -0.05) is 23.7 Å². The average Bonchev–Trinajstić information content (AvgIpc) is 2.37. The minimum Gasteiger partial charge on any atom is -0.478 e. The molecule has 0 aliphatic carbocycles. The molecule has 20 heavy (non-hydrogen) atoms. The fraction of sp³-hybridized carbons (Fsp3) is 0.400. The molecule has 1 saturated heterocycles. The molecule has 0 radical (unpaired) electrons. The van der Waals surface area contributed by atoms with Gasteiger partial charge in [-0.2, -0.15) is 0 Å². The Hall–Kier alpha value is -1.36. The molecule has 2 heterocycles. The van der Waals surface area contributed by atoms with Crippen molar-refractivity contribution < 1.29 is 14.6 Å². The fourth-order valence-corrected chi connectivity index (χ4v) is 3.12. The number of benzene rings is 1. The summed E-state index contributed by atoms with van der Waals surface area (Å²) in [6, 6.07) is 5.83. The number of halogens is 1. The first kappa shape index (κ1) is 13.6. The van der Waals surface area contributed by atoms with Crippen LogP contribution >= 0.6 is 11.6 Å². The van der Waals surface area contributed by atoms with E-state index in [9.17, 15) is 4.79 Å². The second kappa shape index (κ2) is 5.20. The van der Waals surface area contributed by atoms with E-state index in [0.29, 0.717) is 12.6 Å². The molecule has 1 N–H and O–H groups in total. The van der Waals surface area contributed by atoms with Crippen LogP contribution in [0, 0.1) is 0 Å². The number of hydrogen-bond acceptors (Lipinski definition) is 3. The topological polar surface area (TPSA) is 49.8 Å². The lowest BCUT2D eigenvalue weighted by Crippen LogP contribution is -2.51. The number of likely N-dealkylation sites (N-methyl/N-ethyl adjacent to an activating group) is 1. The second-order valence-electron chi connectivity index (χ2n) is 5.32. The molecule has 5 heteroatoms. The Labute approximate surface area is 122 Å². The van der Waals surface area contributed by atoms with E-state index >= 15 is 0 Å². The number of carboxylic acid groups (broad SMARTS) is 1. The molecular formula is C15H16ClNO3. The van der Waals surface area contributed by atoms with Crippen molar-refractivity contribution in [1.82, 2.24) is 4.90 Å². The summed E-state index contributed by atoms with van der Waals surface area (Å²) in [5, 5.41) is 9.30. The third-order valence-corrected chi connectivity index (χ3v) is 4.43. The highest BCUT2D eigenvalue weighted by atomic mass is 35.5. The number of aromatic carboxylic acids is 1. The zero-order valence-corrected chi connectivity index (χ0v) is 11.9. The predicted molar refractivity (Wildman–Crippen MR) is 77.2 cm³/mol. The monoisotopic (exact) mass is 293 g/mol. The van der Waals surface area contributed by atoms with E-state index in [4.69, 9.17) is 21.4 Å². The van der Waals surface area contributed by atoms with Gasteiger partial charge in [0.2, 0.25) is 0 Å². The Kier molecular flexibility index (Phi) is 3.54. The van der Waals surface area contributed by atoms with E-state index in [0.717, 1.165) is 18.6 Å². The fourth-order valence-electron chi connectivity index (χ4n) is 2.86. The van der Waals surface area contributed by atoms with Crippen LogP contribution in [0.25, 0.3) is 5.57 Å². The lowest BCUT2D eigenvalue weighted by Gasteiger charge is -2.42. The summed E-state index contributed by atoms with van der Waals surface area (Å²) in [6.07, 6.45) is 3.09. The van der Waals surface area contributed by atoms with Crippen LogP contribution in [0.4, 0.5) is 0 Å². The van der Waals surface area contributed by atoms with Crippen molar-refractivity contribution in [2.24, 2.45) is 0 Å². The summed E-state index contributed by atoms with van der Waals surface area (Å²) >= 11 is 6.05. The van der Waals surface area contributed by atoms with Gasteiger partial charge in [-0.05, 0) is 36.7 Å². The molecule has 0 amide bonds. The molecule has 2 atom stereocenters. The minimum absolute atomic E-state index is 0.146. The standard InChI is InChI=1S/C15H16ClNO3/c1-17-11-4-10(5-12(17)8-20-7-11)9-2-3-13(15(18)19)14(16)6-9/h2-4,6,11-12H,5,7-8H2,1H3,(H,18,19). The smallest absolute Gasteiger partial charge is 0.337 e. The van der Waals surface area contributed by atoms with Gasteiger partial charge in [0.15, 0.2) is 0 Å². The number of morpholine rings is 1. The molecule has 3 rings (SSSR count). The summed E-state index contributed by atoms with van der Waals surface area (Å²) in [6.45, 7) is 1.45. The van der Waals surface area contributed by atoms with Crippen LogP contribution in [-0.4, -0.2) is 48.3 Å². The maximum atomic E-state index is 11.0. The largest absolute Gasteiger partial charge is 0.478 e. The predicted octanol–water partition coefficient (Wildman–Crippen LogP) is 2.52. The van der Waals surface area contributed by atoms with Gasteiger partial charge in [0.1, 0.15) is 0 Å². The second-order valence-corrected chi connectivity index (χ2v) is 5.73. The maximum absolute atomic E-state index is 11.0. The van der Waals surface area contributed by atoms with E-state index < -0.39 is 5.97 Å². The molecule has 1 aromatic carbocycles. The van der Waals surface area contributed by atoms with Crippen molar-refractivity contribution in [2.45, 2.75) is 18.5 Å². The van der Waals surface area contributed by atoms with Crippen LogP contribution in [0.15, 0.2) is 24.3 Å². The van der Waals surface area contributed by atoms with E-state index in [1.165, 1.54) is 5.57 Å². The summed E-state index contributed by atoms with van der Waals surface area (Å²) in [5.74, 6) is -0.996. The molecular weight excluding hydrogens is 278 g/mol. The summed E-state index contributed by atoms with van der Waals surface area (Å²) in [5.41, 5.74) is 2.37. The number of rotatable bonds is 2. The first-order valence-corrected chi connectivity index (χ1v) is 6.97. The van der Waals surface area contributed by atoms with Crippen LogP contribution in [0.2, 0.25) is 5.02 Å². The average molecular weight is 294 g/mol. The highest BCUT2D eigenvalue weighted by Crippen LogP contribution is 2.33. The van der Waals surface area contributed by atoms with Crippen LogP contribution in [0.3, 0.4) is 0 Å². The van der Waals surface area contributed by atoms with Crippen molar-refractivity contribution in [3.63, 3.8) is 0 Å². The first-order valence-electron chi connectivity index (χ1n) is 6.60. The molecule has 0 spiro atoms. The number of ether oxygens (including phenoxy) is 1. The maximum Gasteiger partial charge on any atom is 0.337 e.